The van der Waals surface area contributed by atoms with Crippen LogP contribution in [0.3, 0.4) is 0 Å². The van der Waals surface area contributed by atoms with Crippen LogP contribution in [0.2, 0.25) is 0 Å². The molecule has 0 atom stereocenters. The Morgan fingerprint density at radius 2 is 1.95 bits per heavy atom. The molecule has 0 spiro atoms. The summed E-state index contributed by atoms with van der Waals surface area (Å²) in [6.45, 7) is 4.13. The van der Waals surface area contributed by atoms with E-state index in [0.717, 1.165) is 12.1 Å². The Bertz CT molecular complexity index is 473. The highest BCUT2D eigenvalue weighted by atomic mass is 19.4. The lowest BCUT2D eigenvalue weighted by atomic mass is 10.1. The molecule has 0 unspecified atom stereocenters. The highest BCUT2D eigenvalue weighted by molar-refractivity contribution is 5.96. The number of alkyl halides is 3. The normalized spacial score (nSPS) is 11.7. The van der Waals surface area contributed by atoms with E-state index in [0.29, 0.717) is 0 Å². The maximum atomic E-state index is 12.9. The summed E-state index contributed by atoms with van der Waals surface area (Å²) >= 11 is 0. The summed E-state index contributed by atoms with van der Waals surface area (Å²) in [5.41, 5.74) is 3.80. The van der Waals surface area contributed by atoms with Gasteiger partial charge in [0.1, 0.15) is 18.2 Å². The predicted octanol–water partition coefficient (Wildman–Crippen LogP) is 2.79. The van der Waals surface area contributed by atoms with Crippen molar-refractivity contribution in [1.29, 1.82) is 5.41 Å². The molecule has 4 nitrogen and oxygen atoms in total. The maximum Gasteiger partial charge on any atom is 0.417 e. The number of hydrogen-bond acceptors (Lipinski definition) is 3. The van der Waals surface area contributed by atoms with Gasteiger partial charge in [0.2, 0.25) is 0 Å². The van der Waals surface area contributed by atoms with Gasteiger partial charge in [-0.3, -0.25) is 5.41 Å². The minimum atomic E-state index is -4.59. The van der Waals surface area contributed by atoms with Crippen LogP contribution in [0, 0.1) is 5.41 Å². The lowest BCUT2D eigenvalue weighted by molar-refractivity contribution is -0.137. The largest absolute Gasteiger partial charge is 0.491 e. The number of benzene rings is 1. The van der Waals surface area contributed by atoms with Crippen LogP contribution in [0.4, 0.5) is 13.2 Å². The van der Waals surface area contributed by atoms with Gasteiger partial charge < -0.3 is 15.2 Å². The van der Waals surface area contributed by atoms with E-state index in [2.05, 4.69) is 0 Å². The third kappa shape index (κ3) is 4.73. The highest BCUT2D eigenvalue weighted by Gasteiger charge is 2.34. The van der Waals surface area contributed by atoms with E-state index < -0.39 is 17.6 Å². The molecule has 112 valence electrons. The third-order valence-electron chi connectivity index (χ3n) is 2.39. The fourth-order valence-electron chi connectivity index (χ4n) is 1.53. The third-order valence-corrected chi connectivity index (χ3v) is 2.39. The topological polar surface area (TPSA) is 68.3 Å². The fourth-order valence-corrected chi connectivity index (χ4v) is 1.53. The van der Waals surface area contributed by atoms with E-state index in [9.17, 15) is 13.2 Å². The Labute approximate surface area is 115 Å². The lowest BCUT2D eigenvalue weighted by Crippen LogP contribution is -2.19. The SMILES string of the molecule is CC(C)OCCOc1ccc(C(=N)N)c(C(F)(F)F)c1. The van der Waals surface area contributed by atoms with Crippen LogP contribution in [-0.4, -0.2) is 25.2 Å². The van der Waals surface area contributed by atoms with Gasteiger partial charge >= 0.3 is 6.18 Å². The molecule has 1 rings (SSSR count). The molecule has 0 aliphatic heterocycles. The molecule has 20 heavy (non-hydrogen) atoms. The maximum absolute atomic E-state index is 12.9. The van der Waals surface area contributed by atoms with Crippen molar-refractivity contribution in [3.8, 4) is 5.75 Å². The smallest absolute Gasteiger partial charge is 0.417 e. The first-order valence-electron chi connectivity index (χ1n) is 6.02. The van der Waals surface area contributed by atoms with E-state index in [-0.39, 0.29) is 30.6 Å². The molecule has 0 aliphatic rings. The Hall–Kier alpha value is -1.76. The number of amidine groups is 1. The molecular formula is C13H17F3N2O2. The average molecular weight is 290 g/mol. The summed E-state index contributed by atoms with van der Waals surface area (Å²) in [7, 11) is 0. The van der Waals surface area contributed by atoms with Gasteiger partial charge in [0, 0.05) is 5.56 Å². The van der Waals surface area contributed by atoms with Gasteiger partial charge in [0.05, 0.1) is 18.3 Å². The molecule has 0 aliphatic carbocycles. The zero-order valence-corrected chi connectivity index (χ0v) is 11.3. The molecule has 0 saturated heterocycles. The van der Waals surface area contributed by atoms with Crippen LogP contribution >= 0.6 is 0 Å². The van der Waals surface area contributed by atoms with Gasteiger partial charge in [-0.25, -0.2) is 0 Å². The predicted molar refractivity (Wildman–Crippen MR) is 69.0 cm³/mol. The van der Waals surface area contributed by atoms with Gasteiger partial charge in [0.15, 0.2) is 0 Å². The molecule has 1 aromatic carbocycles. The van der Waals surface area contributed by atoms with Crippen molar-refractivity contribution in [2.45, 2.75) is 26.1 Å². The zero-order valence-electron chi connectivity index (χ0n) is 11.3. The summed E-state index contributed by atoms with van der Waals surface area (Å²) in [4.78, 5) is 0. The lowest BCUT2D eigenvalue weighted by Gasteiger charge is -2.14. The summed E-state index contributed by atoms with van der Waals surface area (Å²) in [5, 5.41) is 7.16. The summed E-state index contributed by atoms with van der Waals surface area (Å²) in [5.74, 6) is -0.568. The van der Waals surface area contributed by atoms with Crippen molar-refractivity contribution in [1.82, 2.24) is 0 Å². The van der Waals surface area contributed by atoms with E-state index in [1.807, 2.05) is 13.8 Å². The number of nitrogen functional groups attached to an aromatic ring is 1. The Balaban J connectivity index is 2.83. The first kappa shape index (κ1) is 16.3. The molecule has 0 fully saturated rings. The molecule has 7 heteroatoms. The second-order valence-corrected chi connectivity index (χ2v) is 4.39. The molecule has 0 radical (unpaired) electrons. The Morgan fingerprint density at radius 1 is 1.30 bits per heavy atom. The molecule has 0 saturated carbocycles. The first-order valence-corrected chi connectivity index (χ1v) is 6.02. The number of nitrogens with one attached hydrogen (secondary N) is 1. The standard InChI is InChI=1S/C13H17F3N2O2/c1-8(2)19-5-6-20-9-3-4-10(12(17)18)11(7-9)13(14,15)16/h3-4,7-8H,5-6H2,1-2H3,(H3,17,18). The number of rotatable bonds is 6. The number of nitrogens with two attached hydrogens (primary N) is 1. The molecule has 3 N–H and O–H groups in total. The van der Waals surface area contributed by atoms with Crippen molar-refractivity contribution < 1.29 is 22.6 Å². The van der Waals surface area contributed by atoms with Crippen molar-refractivity contribution >= 4 is 5.84 Å². The van der Waals surface area contributed by atoms with Gasteiger partial charge in [-0.05, 0) is 32.0 Å². The quantitative estimate of drug-likeness (QED) is 0.481. The van der Waals surface area contributed by atoms with E-state index in [1.165, 1.54) is 6.07 Å². The van der Waals surface area contributed by atoms with Gasteiger partial charge in [0.25, 0.3) is 0 Å². The Morgan fingerprint density at radius 3 is 2.45 bits per heavy atom. The van der Waals surface area contributed by atoms with E-state index in [1.54, 1.807) is 0 Å². The van der Waals surface area contributed by atoms with Gasteiger partial charge in [-0.15, -0.1) is 0 Å². The molecule has 0 bridgehead atoms. The summed E-state index contributed by atoms with van der Waals surface area (Å²) < 4.78 is 49.0. The van der Waals surface area contributed by atoms with Crippen LogP contribution in [0.5, 0.6) is 5.75 Å². The molecule has 0 amide bonds. The van der Waals surface area contributed by atoms with Crippen LogP contribution < -0.4 is 10.5 Å². The van der Waals surface area contributed by atoms with Crippen LogP contribution in [-0.2, 0) is 10.9 Å². The van der Waals surface area contributed by atoms with Gasteiger partial charge in [-0.1, -0.05) is 0 Å². The summed E-state index contributed by atoms with van der Waals surface area (Å²) in [6.07, 6.45) is -4.56. The molecule has 0 heterocycles. The summed E-state index contributed by atoms with van der Waals surface area (Å²) in [6, 6.07) is 3.32. The Kier molecular flexibility index (Phi) is 5.38. The second-order valence-electron chi connectivity index (χ2n) is 4.39. The van der Waals surface area contributed by atoms with Crippen molar-refractivity contribution in [2.24, 2.45) is 5.73 Å². The van der Waals surface area contributed by atoms with Crippen LogP contribution in [0.25, 0.3) is 0 Å². The van der Waals surface area contributed by atoms with E-state index >= 15 is 0 Å². The second kappa shape index (κ2) is 6.60. The van der Waals surface area contributed by atoms with Gasteiger partial charge in [-0.2, -0.15) is 13.2 Å². The van der Waals surface area contributed by atoms with Crippen LogP contribution in [0.15, 0.2) is 18.2 Å². The van der Waals surface area contributed by atoms with Crippen molar-refractivity contribution in [3.05, 3.63) is 29.3 Å². The number of hydrogen-bond donors (Lipinski definition) is 2. The van der Waals surface area contributed by atoms with Crippen molar-refractivity contribution in [3.63, 3.8) is 0 Å². The molecule has 1 aromatic rings. The monoisotopic (exact) mass is 290 g/mol. The number of halogens is 3. The average Bonchev–Trinajstić information content (AvgIpc) is 2.33. The molecular weight excluding hydrogens is 273 g/mol. The minimum Gasteiger partial charge on any atom is -0.491 e. The highest BCUT2D eigenvalue weighted by Crippen LogP contribution is 2.34. The first-order chi connectivity index (χ1) is 9.21. The van der Waals surface area contributed by atoms with Crippen LogP contribution in [0.1, 0.15) is 25.0 Å². The zero-order chi connectivity index (χ0) is 15.3. The van der Waals surface area contributed by atoms with Crippen molar-refractivity contribution in [2.75, 3.05) is 13.2 Å². The fraction of sp³-hybridized carbons (Fsp3) is 0.462. The minimum absolute atomic E-state index is 0.0319. The molecule has 0 aromatic heterocycles. The number of ether oxygens (including phenoxy) is 2. The van der Waals surface area contributed by atoms with E-state index in [4.69, 9.17) is 20.6 Å².